The summed E-state index contributed by atoms with van der Waals surface area (Å²) in [5.41, 5.74) is 1.49. The first-order valence-corrected chi connectivity index (χ1v) is 9.00. The molecule has 2 aromatic carbocycles. The van der Waals surface area contributed by atoms with Gasteiger partial charge in [0.2, 0.25) is 0 Å². The number of Topliss-reactive ketones (excluding diaryl/α,β-unsaturated/α-hetero) is 1. The van der Waals surface area contributed by atoms with E-state index < -0.39 is 10.1 Å². The fourth-order valence-corrected chi connectivity index (χ4v) is 3.17. The zero-order chi connectivity index (χ0) is 17.7. The third-order valence-electron chi connectivity index (χ3n) is 3.52. The topological polar surface area (TPSA) is 69.7 Å². The van der Waals surface area contributed by atoms with Gasteiger partial charge in [0.05, 0.1) is 7.11 Å². The number of carbonyl (C=O) groups excluding carboxylic acids is 1. The van der Waals surface area contributed by atoms with Gasteiger partial charge in [-0.3, -0.25) is 4.79 Å². The minimum atomic E-state index is -3.98. The second-order valence-corrected chi connectivity index (χ2v) is 6.90. The fourth-order valence-electron chi connectivity index (χ4n) is 2.23. The fraction of sp³-hybridized carbons (Fsp3) is 0.278. The molecule has 0 bridgehead atoms. The first kappa shape index (κ1) is 18.0. The average Bonchev–Trinajstić information content (AvgIpc) is 2.55. The van der Waals surface area contributed by atoms with Crippen molar-refractivity contribution in [3.63, 3.8) is 0 Å². The summed E-state index contributed by atoms with van der Waals surface area (Å²) in [6.07, 6.45) is 1.88. The van der Waals surface area contributed by atoms with E-state index in [0.717, 1.165) is 18.4 Å². The summed E-state index contributed by atoms with van der Waals surface area (Å²) in [5.74, 6) is 0.0863. The highest BCUT2D eigenvalue weighted by molar-refractivity contribution is 7.87. The summed E-state index contributed by atoms with van der Waals surface area (Å²) >= 11 is 0. The van der Waals surface area contributed by atoms with Crippen LogP contribution in [-0.4, -0.2) is 21.3 Å². The van der Waals surface area contributed by atoms with Crippen molar-refractivity contribution in [3.8, 4) is 11.5 Å². The maximum atomic E-state index is 12.4. The van der Waals surface area contributed by atoms with Crippen molar-refractivity contribution in [3.05, 3.63) is 53.6 Å². The average molecular weight is 348 g/mol. The normalized spacial score (nSPS) is 11.1. The number of ether oxygens (including phenoxy) is 1. The molecular weight excluding hydrogens is 328 g/mol. The Morgan fingerprint density at radius 1 is 1.04 bits per heavy atom. The van der Waals surface area contributed by atoms with Gasteiger partial charge in [-0.15, -0.1) is 0 Å². The molecule has 128 valence electrons. The van der Waals surface area contributed by atoms with Crippen LogP contribution in [0.25, 0.3) is 0 Å². The van der Waals surface area contributed by atoms with E-state index in [0.29, 0.717) is 5.56 Å². The molecule has 0 saturated heterocycles. The van der Waals surface area contributed by atoms with Crippen molar-refractivity contribution in [2.24, 2.45) is 0 Å². The number of hydrogen-bond acceptors (Lipinski definition) is 5. The van der Waals surface area contributed by atoms with Gasteiger partial charge in [0.25, 0.3) is 0 Å². The second kappa shape index (κ2) is 7.49. The number of hydrogen-bond donors (Lipinski definition) is 0. The van der Waals surface area contributed by atoms with Crippen molar-refractivity contribution in [1.82, 2.24) is 0 Å². The summed E-state index contributed by atoms with van der Waals surface area (Å²) in [5, 5.41) is 0. The van der Waals surface area contributed by atoms with Crippen LogP contribution in [0.2, 0.25) is 0 Å². The van der Waals surface area contributed by atoms with Gasteiger partial charge in [0.1, 0.15) is 4.90 Å². The van der Waals surface area contributed by atoms with E-state index in [2.05, 4.69) is 6.92 Å². The lowest BCUT2D eigenvalue weighted by Crippen LogP contribution is -2.11. The van der Waals surface area contributed by atoms with Crippen LogP contribution in [0.15, 0.2) is 47.4 Å². The van der Waals surface area contributed by atoms with Crippen LogP contribution in [0.4, 0.5) is 0 Å². The van der Waals surface area contributed by atoms with Crippen molar-refractivity contribution in [2.75, 3.05) is 7.11 Å². The molecule has 0 aliphatic carbocycles. The van der Waals surface area contributed by atoms with Crippen LogP contribution >= 0.6 is 0 Å². The van der Waals surface area contributed by atoms with Crippen LogP contribution in [0.3, 0.4) is 0 Å². The summed E-state index contributed by atoms with van der Waals surface area (Å²) in [6.45, 7) is 3.48. The number of benzene rings is 2. The molecule has 0 amide bonds. The van der Waals surface area contributed by atoms with Crippen LogP contribution in [0.5, 0.6) is 11.5 Å². The van der Waals surface area contributed by atoms with E-state index in [1.807, 2.05) is 0 Å². The molecule has 0 heterocycles. The Morgan fingerprint density at radius 2 is 1.71 bits per heavy atom. The predicted molar refractivity (Wildman–Crippen MR) is 91.2 cm³/mol. The Balaban J connectivity index is 2.30. The number of methoxy groups -OCH3 is 1. The van der Waals surface area contributed by atoms with Gasteiger partial charge in [-0.2, -0.15) is 8.42 Å². The highest BCUT2D eigenvalue weighted by Crippen LogP contribution is 2.31. The lowest BCUT2D eigenvalue weighted by atomic mass is 10.1. The van der Waals surface area contributed by atoms with Crippen LogP contribution < -0.4 is 8.92 Å². The van der Waals surface area contributed by atoms with E-state index in [-0.39, 0.29) is 22.2 Å². The molecule has 0 radical (unpaired) electrons. The summed E-state index contributed by atoms with van der Waals surface area (Å²) in [4.78, 5) is 11.5. The third-order valence-corrected chi connectivity index (χ3v) is 4.77. The lowest BCUT2D eigenvalue weighted by molar-refractivity contribution is 0.101. The first-order valence-electron chi connectivity index (χ1n) is 7.59. The van der Waals surface area contributed by atoms with Gasteiger partial charge in [0.15, 0.2) is 17.3 Å². The van der Waals surface area contributed by atoms with Crippen molar-refractivity contribution in [2.45, 2.75) is 31.6 Å². The number of rotatable bonds is 7. The summed E-state index contributed by atoms with van der Waals surface area (Å²) in [6, 6.07) is 11.0. The monoisotopic (exact) mass is 348 g/mol. The SMILES string of the molecule is CCCc1ccc(S(=O)(=O)Oc2ccc(C(C)=O)cc2OC)cc1. The Labute approximate surface area is 142 Å². The highest BCUT2D eigenvalue weighted by atomic mass is 32.2. The van der Waals surface area contributed by atoms with Gasteiger partial charge in [0, 0.05) is 5.56 Å². The largest absolute Gasteiger partial charge is 0.493 e. The van der Waals surface area contributed by atoms with E-state index in [4.69, 9.17) is 8.92 Å². The number of aryl methyl sites for hydroxylation is 1. The van der Waals surface area contributed by atoms with E-state index >= 15 is 0 Å². The molecule has 0 aromatic heterocycles. The quantitative estimate of drug-likeness (QED) is 0.565. The van der Waals surface area contributed by atoms with E-state index in [9.17, 15) is 13.2 Å². The summed E-state index contributed by atoms with van der Waals surface area (Å²) in [7, 11) is -2.59. The Morgan fingerprint density at radius 3 is 2.25 bits per heavy atom. The van der Waals surface area contributed by atoms with Gasteiger partial charge in [-0.05, 0) is 49.2 Å². The molecule has 0 atom stereocenters. The highest BCUT2D eigenvalue weighted by Gasteiger charge is 2.19. The van der Waals surface area contributed by atoms with Gasteiger partial charge in [-0.25, -0.2) is 0 Å². The van der Waals surface area contributed by atoms with E-state index in [1.165, 1.54) is 44.4 Å². The third kappa shape index (κ3) is 4.14. The number of carbonyl (C=O) groups is 1. The molecule has 0 unspecified atom stereocenters. The van der Waals surface area contributed by atoms with Crippen LogP contribution in [-0.2, 0) is 16.5 Å². The molecule has 0 aliphatic rings. The van der Waals surface area contributed by atoms with Crippen LogP contribution in [0.1, 0.15) is 36.2 Å². The second-order valence-electron chi connectivity index (χ2n) is 5.35. The van der Waals surface area contributed by atoms with Gasteiger partial charge < -0.3 is 8.92 Å². The molecule has 0 N–H and O–H groups in total. The molecule has 0 aliphatic heterocycles. The maximum Gasteiger partial charge on any atom is 0.339 e. The van der Waals surface area contributed by atoms with Crippen molar-refractivity contribution in [1.29, 1.82) is 0 Å². The Hall–Kier alpha value is -2.34. The van der Waals surface area contributed by atoms with E-state index in [1.54, 1.807) is 12.1 Å². The molecular formula is C18H20O5S. The maximum absolute atomic E-state index is 12.4. The molecule has 0 spiro atoms. The molecule has 6 heteroatoms. The van der Waals surface area contributed by atoms with Gasteiger partial charge in [-0.1, -0.05) is 25.5 Å². The molecule has 2 aromatic rings. The molecule has 5 nitrogen and oxygen atoms in total. The summed E-state index contributed by atoms with van der Waals surface area (Å²) < 4.78 is 35.1. The van der Waals surface area contributed by atoms with Gasteiger partial charge >= 0.3 is 10.1 Å². The number of ketones is 1. The smallest absolute Gasteiger partial charge is 0.339 e. The van der Waals surface area contributed by atoms with Crippen molar-refractivity contribution >= 4 is 15.9 Å². The standard InChI is InChI=1S/C18H20O5S/c1-4-5-14-6-9-16(10-7-14)24(20,21)23-17-11-8-15(13(2)19)12-18(17)22-3/h6-12H,4-5H2,1-3H3. The molecule has 0 saturated carbocycles. The predicted octanol–water partition coefficient (Wildman–Crippen LogP) is 3.62. The zero-order valence-electron chi connectivity index (χ0n) is 13.9. The molecule has 2 rings (SSSR count). The molecule has 0 fully saturated rings. The van der Waals surface area contributed by atoms with Crippen LogP contribution in [0, 0.1) is 0 Å². The first-order chi connectivity index (χ1) is 11.4. The Kier molecular flexibility index (Phi) is 5.62. The van der Waals surface area contributed by atoms with Crippen molar-refractivity contribution < 1.29 is 22.1 Å². The minimum Gasteiger partial charge on any atom is -0.493 e. The molecule has 24 heavy (non-hydrogen) atoms. The zero-order valence-corrected chi connectivity index (χ0v) is 14.7. The lowest BCUT2D eigenvalue weighted by Gasteiger charge is -2.12. The Bertz CT molecular complexity index is 823. The minimum absolute atomic E-state index is 0.0418.